The van der Waals surface area contributed by atoms with E-state index in [1.807, 2.05) is 11.8 Å². The molecule has 0 aromatic heterocycles. The Hall–Kier alpha value is -2.35. The highest BCUT2D eigenvalue weighted by Crippen LogP contribution is 2.21. The van der Waals surface area contributed by atoms with Gasteiger partial charge >= 0.3 is 0 Å². The molecule has 0 aliphatic carbocycles. The molecule has 7 nitrogen and oxygen atoms in total. The van der Waals surface area contributed by atoms with Crippen LogP contribution in [0.15, 0.2) is 41.3 Å². The average Bonchev–Trinajstić information content (AvgIpc) is 2.69. The summed E-state index contributed by atoms with van der Waals surface area (Å²) in [4.78, 5) is 23.0. The van der Waals surface area contributed by atoms with Gasteiger partial charge in [-0.1, -0.05) is 20.8 Å². The minimum absolute atomic E-state index is 0.0321. The quantitative estimate of drug-likeness (QED) is 0.246. The summed E-state index contributed by atoms with van der Waals surface area (Å²) in [6.07, 6.45) is 5.63. The largest absolute Gasteiger partial charge is 0.366 e. The van der Waals surface area contributed by atoms with Crippen molar-refractivity contribution >= 4 is 29.3 Å². The first-order valence-corrected chi connectivity index (χ1v) is 11.4. The molecule has 0 aliphatic heterocycles. The molecular formula is C22H35N5O2S. The summed E-state index contributed by atoms with van der Waals surface area (Å²) in [7, 11) is 0. The topological polar surface area (TPSA) is 120 Å². The van der Waals surface area contributed by atoms with Crippen molar-refractivity contribution in [1.29, 1.82) is 5.53 Å². The number of hydrogen-bond donors (Lipinski definition) is 4. The standard InChI is InChI=1S/C22H35N5O2S/c1-22(2,3)12-5-14-30-15-13-25-20(28)7-4-6-19(27-24)16-26-18-10-8-17(9-11-18)21(23)29/h8-11,16,24,26H,4-7,12-15H2,1-3H3,(H2,23,29)(H,25,28)/b19-16-,27-24?. The van der Waals surface area contributed by atoms with Gasteiger partial charge in [0.05, 0.1) is 5.70 Å². The van der Waals surface area contributed by atoms with Crippen molar-refractivity contribution in [3.05, 3.63) is 41.7 Å². The molecule has 0 bridgehead atoms. The number of carbonyl (C=O) groups is 2. The van der Waals surface area contributed by atoms with Gasteiger partial charge in [0, 0.05) is 36.2 Å². The maximum atomic E-state index is 11.9. The molecule has 1 rings (SSSR count). The fraction of sp³-hybridized carbons (Fsp3) is 0.545. The molecule has 166 valence electrons. The normalized spacial score (nSPS) is 11.8. The van der Waals surface area contributed by atoms with Crippen LogP contribution in [-0.2, 0) is 4.79 Å². The number of nitrogens with one attached hydrogen (secondary N) is 3. The average molecular weight is 434 g/mol. The molecule has 0 heterocycles. The van der Waals surface area contributed by atoms with E-state index >= 15 is 0 Å². The molecular weight excluding hydrogens is 398 g/mol. The Kier molecular flexibility index (Phi) is 11.8. The van der Waals surface area contributed by atoms with Crippen molar-refractivity contribution in [2.75, 3.05) is 23.4 Å². The van der Waals surface area contributed by atoms with Gasteiger partial charge in [0.2, 0.25) is 11.8 Å². The molecule has 1 aromatic carbocycles. The molecule has 0 atom stereocenters. The number of carbonyl (C=O) groups excluding carboxylic acids is 2. The number of benzene rings is 1. The maximum Gasteiger partial charge on any atom is 0.248 e. The van der Waals surface area contributed by atoms with Crippen LogP contribution in [0.25, 0.3) is 0 Å². The van der Waals surface area contributed by atoms with Gasteiger partial charge in [-0.3, -0.25) is 9.59 Å². The molecule has 0 saturated heterocycles. The lowest BCUT2D eigenvalue weighted by molar-refractivity contribution is -0.121. The third-order valence-corrected chi connectivity index (χ3v) is 5.41. The predicted octanol–water partition coefficient (Wildman–Crippen LogP) is 4.92. The van der Waals surface area contributed by atoms with Crippen LogP contribution in [0.3, 0.4) is 0 Å². The molecule has 5 N–H and O–H groups in total. The van der Waals surface area contributed by atoms with Gasteiger partial charge in [0.1, 0.15) is 0 Å². The second-order valence-corrected chi connectivity index (χ2v) is 9.54. The lowest BCUT2D eigenvalue weighted by Gasteiger charge is -2.17. The van der Waals surface area contributed by atoms with E-state index in [0.717, 1.165) is 17.2 Å². The van der Waals surface area contributed by atoms with Gasteiger partial charge < -0.3 is 16.4 Å². The van der Waals surface area contributed by atoms with Crippen molar-refractivity contribution in [1.82, 2.24) is 5.32 Å². The van der Waals surface area contributed by atoms with Crippen LogP contribution in [-0.4, -0.2) is 29.9 Å². The molecule has 1 aromatic rings. The molecule has 8 heteroatoms. The number of rotatable bonds is 14. The monoisotopic (exact) mass is 433 g/mol. The third kappa shape index (κ3) is 12.3. The van der Waals surface area contributed by atoms with E-state index in [4.69, 9.17) is 11.3 Å². The van der Waals surface area contributed by atoms with Crippen LogP contribution in [0.1, 0.15) is 63.2 Å². The highest BCUT2D eigenvalue weighted by Gasteiger charge is 2.09. The fourth-order valence-corrected chi connectivity index (χ4v) is 3.44. The molecule has 0 saturated carbocycles. The van der Waals surface area contributed by atoms with Gasteiger partial charge in [-0.25, -0.2) is 5.53 Å². The highest BCUT2D eigenvalue weighted by atomic mass is 32.2. The maximum absolute atomic E-state index is 11.9. The highest BCUT2D eigenvalue weighted by molar-refractivity contribution is 7.99. The number of thioether (sulfide) groups is 1. The molecule has 0 aliphatic rings. The lowest BCUT2D eigenvalue weighted by Crippen LogP contribution is -2.25. The van der Waals surface area contributed by atoms with Gasteiger partial charge in [-0.2, -0.15) is 16.9 Å². The minimum atomic E-state index is -0.476. The molecule has 0 spiro atoms. The Morgan fingerprint density at radius 3 is 2.43 bits per heavy atom. The number of hydrogen-bond acceptors (Lipinski definition) is 6. The van der Waals surface area contributed by atoms with Crippen LogP contribution < -0.4 is 16.4 Å². The second kappa shape index (κ2) is 13.8. The van der Waals surface area contributed by atoms with Gasteiger partial charge in [0.15, 0.2) is 0 Å². The van der Waals surface area contributed by atoms with E-state index in [1.165, 1.54) is 12.8 Å². The zero-order valence-corrected chi connectivity index (χ0v) is 19.1. The van der Waals surface area contributed by atoms with Crippen molar-refractivity contribution in [3.63, 3.8) is 0 Å². The number of primary amides is 1. The Bertz CT molecular complexity index is 711. The van der Waals surface area contributed by atoms with Crippen molar-refractivity contribution in [2.45, 2.75) is 52.9 Å². The summed E-state index contributed by atoms with van der Waals surface area (Å²) in [5.41, 5.74) is 14.6. The second-order valence-electron chi connectivity index (χ2n) is 8.31. The SMILES string of the molecule is CC(C)(C)CCCSCCNC(=O)CCC/C(=C/Nc1ccc(C(N)=O)cc1)N=N. The summed E-state index contributed by atoms with van der Waals surface area (Å²) in [5.74, 6) is 1.62. The van der Waals surface area contributed by atoms with Gasteiger partial charge in [-0.05, 0) is 61.1 Å². The first-order chi connectivity index (χ1) is 14.2. The number of allylic oxidation sites excluding steroid dienone is 1. The zero-order valence-electron chi connectivity index (χ0n) is 18.3. The number of nitrogens with zero attached hydrogens (tertiary/aromatic N) is 1. The van der Waals surface area contributed by atoms with Gasteiger partial charge in [-0.15, -0.1) is 0 Å². The summed E-state index contributed by atoms with van der Waals surface area (Å²) in [6, 6.07) is 6.71. The Balaban J connectivity index is 2.19. The summed E-state index contributed by atoms with van der Waals surface area (Å²) < 4.78 is 0. The van der Waals surface area contributed by atoms with E-state index < -0.39 is 5.91 Å². The molecule has 0 radical (unpaired) electrons. The summed E-state index contributed by atoms with van der Waals surface area (Å²) in [5, 5.41) is 9.49. The summed E-state index contributed by atoms with van der Waals surface area (Å²) in [6.45, 7) is 7.45. The van der Waals surface area contributed by atoms with Crippen LogP contribution in [0.5, 0.6) is 0 Å². The molecule has 0 fully saturated rings. The van der Waals surface area contributed by atoms with E-state index in [0.29, 0.717) is 42.5 Å². The number of nitrogens with two attached hydrogens (primary N) is 1. The smallest absolute Gasteiger partial charge is 0.248 e. The Morgan fingerprint density at radius 2 is 1.83 bits per heavy atom. The minimum Gasteiger partial charge on any atom is -0.366 e. The lowest BCUT2D eigenvalue weighted by atomic mass is 9.91. The van der Waals surface area contributed by atoms with Crippen molar-refractivity contribution in [3.8, 4) is 0 Å². The Labute approximate surface area is 184 Å². The molecule has 30 heavy (non-hydrogen) atoms. The van der Waals surface area contributed by atoms with Crippen LogP contribution >= 0.6 is 11.8 Å². The first kappa shape index (κ1) is 25.7. The van der Waals surface area contributed by atoms with E-state index in [-0.39, 0.29) is 5.91 Å². The zero-order chi connectivity index (χ0) is 22.4. The van der Waals surface area contributed by atoms with Crippen LogP contribution in [0, 0.1) is 10.9 Å². The van der Waals surface area contributed by atoms with Crippen LogP contribution in [0.4, 0.5) is 5.69 Å². The van der Waals surface area contributed by atoms with Crippen molar-refractivity contribution < 1.29 is 9.59 Å². The fourth-order valence-electron chi connectivity index (χ4n) is 2.65. The van der Waals surface area contributed by atoms with Gasteiger partial charge in [0.25, 0.3) is 0 Å². The predicted molar refractivity (Wildman–Crippen MR) is 125 cm³/mol. The third-order valence-electron chi connectivity index (χ3n) is 4.34. The summed E-state index contributed by atoms with van der Waals surface area (Å²) >= 11 is 1.88. The van der Waals surface area contributed by atoms with E-state index in [9.17, 15) is 9.59 Å². The number of anilines is 1. The first-order valence-electron chi connectivity index (χ1n) is 10.3. The van der Waals surface area contributed by atoms with Crippen molar-refractivity contribution in [2.24, 2.45) is 16.3 Å². The van der Waals surface area contributed by atoms with Crippen LogP contribution in [0.2, 0.25) is 0 Å². The number of amides is 2. The Morgan fingerprint density at radius 1 is 1.13 bits per heavy atom. The van der Waals surface area contributed by atoms with E-state index in [1.54, 1.807) is 30.5 Å². The molecule has 0 unspecified atom stereocenters. The molecule has 2 amide bonds. The van der Waals surface area contributed by atoms with E-state index in [2.05, 4.69) is 36.5 Å².